The molecule has 2 aromatic carbocycles. The average Bonchev–Trinajstić information content (AvgIpc) is 3.17. The molecule has 4 rings (SSSR count). The number of hydrogen-bond acceptors (Lipinski definition) is 7. The Morgan fingerprint density at radius 3 is 2.61 bits per heavy atom. The number of esters is 1. The Kier molecular flexibility index (Phi) is 6.38. The van der Waals surface area contributed by atoms with Crippen LogP contribution < -0.4 is 16.0 Å². The fourth-order valence-electron chi connectivity index (χ4n) is 3.22. The summed E-state index contributed by atoms with van der Waals surface area (Å²) < 4.78 is 4.80. The number of nitrogens with zero attached hydrogens (tertiary/aromatic N) is 1. The van der Waals surface area contributed by atoms with Gasteiger partial charge in [0.25, 0.3) is 5.91 Å². The van der Waals surface area contributed by atoms with Gasteiger partial charge in [-0.2, -0.15) is 0 Å². The molecule has 9 nitrogen and oxygen atoms in total. The van der Waals surface area contributed by atoms with Crippen LogP contribution in [0.2, 0.25) is 5.02 Å². The number of halogens is 1. The lowest BCUT2D eigenvalue weighted by molar-refractivity contribution is -0.122. The summed E-state index contributed by atoms with van der Waals surface area (Å²) in [5.74, 6) is -2.20. The average molecular weight is 485 g/mol. The van der Waals surface area contributed by atoms with Crippen molar-refractivity contribution in [2.75, 3.05) is 17.7 Å². The maximum atomic E-state index is 12.6. The van der Waals surface area contributed by atoms with Gasteiger partial charge in [-0.3, -0.25) is 14.4 Å². The standard InChI is InChI=1S/C22H17ClN4O5S/c1-32-21(31)17-18(11-6-8-12(23)9-7-11)33-22(27-17)26-16(28)10-15-20(30)24-14-5-3-2-4-13(14)19(29)25-15/h2-9,15H,10H2,1H3,(H,24,30)(H,25,29)(H,26,27,28)/t15-/m1/s1. The third-order valence-corrected chi connectivity index (χ3v) is 6.07. The van der Waals surface area contributed by atoms with E-state index in [1.54, 1.807) is 48.5 Å². The molecule has 2 heterocycles. The summed E-state index contributed by atoms with van der Waals surface area (Å²) >= 11 is 7.01. The van der Waals surface area contributed by atoms with Crippen molar-refractivity contribution in [1.29, 1.82) is 0 Å². The predicted molar refractivity (Wildman–Crippen MR) is 123 cm³/mol. The van der Waals surface area contributed by atoms with E-state index in [-0.39, 0.29) is 17.2 Å². The summed E-state index contributed by atoms with van der Waals surface area (Å²) in [5.41, 5.74) is 1.39. The van der Waals surface area contributed by atoms with Crippen molar-refractivity contribution >= 4 is 57.4 Å². The molecule has 168 valence electrons. The number of benzene rings is 2. The number of ether oxygens (including phenoxy) is 1. The number of carbonyl (C=O) groups is 4. The Bertz CT molecular complexity index is 1260. The van der Waals surface area contributed by atoms with Crippen LogP contribution in [-0.4, -0.2) is 41.8 Å². The molecule has 0 radical (unpaired) electrons. The van der Waals surface area contributed by atoms with Gasteiger partial charge >= 0.3 is 5.97 Å². The van der Waals surface area contributed by atoms with E-state index in [2.05, 4.69) is 20.9 Å². The van der Waals surface area contributed by atoms with Gasteiger partial charge < -0.3 is 20.7 Å². The van der Waals surface area contributed by atoms with E-state index in [0.717, 1.165) is 11.3 Å². The van der Waals surface area contributed by atoms with E-state index >= 15 is 0 Å². The van der Waals surface area contributed by atoms with Gasteiger partial charge in [-0.1, -0.05) is 47.2 Å². The van der Waals surface area contributed by atoms with Crippen molar-refractivity contribution in [3.8, 4) is 10.4 Å². The Balaban J connectivity index is 1.52. The summed E-state index contributed by atoms with van der Waals surface area (Å²) in [6.07, 6.45) is -0.324. The predicted octanol–water partition coefficient (Wildman–Crippen LogP) is 3.33. The molecular weight excluding hydrogens is 468 g/mol. The second-order valence-corrected chi connectivity index (χ2v) is 8.44. The molecule has 0 bridgehead atoms. The van der Waals surface area contributed by atoms with Gasteiger partial charge in [-0.25, -0.2) is 9.78 Å². The zero-order chi connectivity index (χ0) is 23.5. The van der Waals surface area contributed by atoms with E-state index < -0.39 is 29.7 Å². The Hall–Kier alpha value is -3.76. The topological polar surface area (TPSA) is 126 Å². The number of thiazole rings is 1. The zero-order valence-electron chi connectivity index (χ0n) is 17.2. The number of para-hydroxylation sites is 1. The minimum Gasteiger partial charge on any atom is -0.464 e. The smallest absolute Gasteiger partial charge is 0.358 e. The minimum absolute atomic E-state index is 0.0380. The molecule has 1 atom stereocenters. The van der Waals surface area contributed by atoms with E-state index in [0.29, 0.717) is 26.7 Å². The highest BCUT2D eigenvalue weighted by Gasteiger charge is 2.30. The first kappa shape index (κ1) is 22.4. The van der Waals surface area contributed by atoms with Crippen molar-refractivity contribution < 1.29 is 23.9 Å². The summed E-state index contributed by atoms with van der Waals surface area (Å²) in [7, 11) is 1.23. The zero-order valence-corrected chi connectivity index (χ0v) is 18.8. The van der Waals surface area contributed by atoms with Crippen LogP contribution in [-0.2, 0) is 14.3 Å². The first-order valence-corrected chi connectivity index (χ1v) is 10.9. The van der Waals surface area contributed by atoms with E-state index in [9.17, 15) is 19.2 Å². The fourth-order valence-corrected chi connectivity index (χ4v) is 4.32. The second-order valence-electron chi connectivity index (χ2n) is 7.01. The molecule has 33 heavy (non-hydrogen) atoms. The van der Waals surface area contributed by atoms with Crippen LogP contribution in [0.5, 0.6) is 0 Å². The lowest BCUT2D eigenvalue weighted by atomic mass is 10.1. The van der Waals surface area contributed by atoms with Crippen molar-refractivity contribution in [3.63, 3.8) is 0 Å². The summed E-state index contributed by atoms with van der Waals surface area (Å²) in [6.45, 7) is 0. The summed E-state index contributed by atoms with van der Waals surface area (Å²) in [6, 6.07) is 12.3. The van der Waals surface area contributed by atoms with Gasteiger partial charge in [0.1, 0.15) is 6.04 Å². The summed E-state index contributed by atoms with van der Waals surface area (Å²) in [4.78, 5) is 54.5. The van der Waals surface area contributed by atoms with E-state index in [1.165, 1.54) is 7.11 Å². The number of anilines is 2. The first-order chi connectivity index (χ1) is 15.9. The van der Waals surface area contributed by atoms with Gasteiger partial charge in [0, 0.05) is 5.02 Å². The quantitative estimate of drug-likeness (QED) is 0.477. The molecule has 0 aliphatic carbocycles. The van der Waals surface area contributed by atoms with Crippen LogP contribution in [0.4, 0.5) is 10.8 Å². The molecule has 3 aromatic rings. The van der Waals surface area contributed by atoms with Gasteiger partial charge in [0.2, 0.25) is 11.8 Å². The molecular formula is C22H17ClN4O5S. The lowest BCUT2D eigenvalue weighted by Crippen LogP contribution is -2.43. The monoisotopic (exact) mass is 484 g/mol. The molecule has 3 N–H and O–H groups in total. The second kappa shape index (κ2) is 9.39. The van der Waals surface area contributed by atoms with Crippen LogP contribution in [0, 0.1) is 0 Å². The lowest BCUT2D eigenvalue weighted by Gasteiger charge is -2.13. The van der Waals surface area contributed by atoms with Crippen molar-refractivity contribution in [2.24, 2.45) is 0 Å². The first-order valence-electron chi connectivity index (χ1n) is 9.71. The molecule has 0 fully saturated rings. The molecule has 1 aliphatic rings. The summed E-state index contributed by atoms with van der Waals surface area (Å²) in [5, 5.41) is 8.48. The van der Waals surface area contributed by atoms with E-state index in [1.807, 2.05) is 0 Å². The van der Waals surface area contributed by atoms with Crippen molar-refractivity contribution in [3.05, 3.63) is 64.8 Å². The molecule has 11 heteroatoms. The highest BCUT2D eigenvalue weighted by molar-refractivity contribution is 7.19. The molecule has 0 saturated carbocycles. The van der Waals surface area contributed by atoms with Gasteiger partial charge in [-0.15, -0.1) is 0 Å². The number of amides is 3. The Labute approximate surface area is 197 Å². The highest BCUT2D eigenvalue weighted by Crippen LogP contribution is 2.34. The minimum atomic E-state index is -1.08. The SMILES string of the molecule is COC(=O)c1nc(NC(=O)C[C@H]2NC(=O)c3ccccc3NC2=O)sc1-c1ccc(Cl)cc1. The van der Waals surface area contributed by atoms with E-state index in [4.69, 9.17) is 16.3 Å². The molecule has 3 amide bonds. The number of hydrogen-bond donors (Lipinski definition) is 3. The largest absolute Gasteiger partial charge is 0.464 e. The normalized spacial score (nSPS) is 15.0. The van der Waals surface area contributed by atoms with Crippen molar-refractivity contribution in [2.45, 2.75) is 12.5 Å². The number of methoxy groups -OCH3 is 1. The molecule has 1 aromatic heterocycles. The molecule has 1 aliphatic heterocycles. The number of carbonyl (C=O) groups excluding carboxylic acids is 4. The highest BCUT2D eigenvalue weighted by atomic mass is 35.5. The maximum absolute atomic E-state index is 12.6. The molecule has 0 spiro atoms. The fraction of sp³-hybridized carbons (Fsp3) is 0.136. The van der Waals surface area contributed by atoms with Gasteiger partial charge in [0.15, 0.2) is 10.8 Å². The van der Waals surface area contributed by atoms with Crippen LogP contribution in [0.15, 0.2) is 48.5 Å². The number of aromatic nitrogens is 1. The van der Waals surface area contributed by atoms with Gasteiger partial charge in [-0.05, 0) is 29.8 Å². The molecule has 0 unspecified atom stereocenters. The third kappa shape index (κ3) is 4.86. The van der Waals surface area contributed by atoms with Crippen molar-refractivity contribution in [1.82, 2.24) is 10.3 Å². The van der Waals surface area contributed by atoms with Crippen LogP contribution in [0.25, 0.3) is 10.4 Å². The van der Waals surface area contributed by atoms with Crippen LogP contribution in [0.1, 0.15) is 27.3 Å². The Morgan fingerprint density at radius 1 is 1.15 bits per heavy atom. The third-order valence-electron chi connectivity index (χ3n) is 4.80. The number of nitrogens with one attached hydrogen (secondary N) is 3. The van der Waals surface area contributed by atoms with Crippen LogP contribution >= 0.6 is 22.9 Å². The maximum Gasteiger partial charge on any atom is 0.358 e. The number of fused-ring (bicyclic) bond motifs is 1. The molecule has 0 saturated heterocycles. The van der Waals surface area contributed by atoms with Crippen LogP contribution in [0.3, 0.4) is 0 Å². The van der Waals surface area contributed by atoms with Gasteiger partial charge in [0.05, 0.1) is 29.7 Å². The Morgan fingerprint density at radius 2 is 1.88 bits per heavy atom. The number of rotatable bonds is 5.